The second-order valence-electron chi connectivity index (χ2n) is 4.51. The lowest BCUT2D eigenvalue weighted by Crippen LogP contribution is -2.44. The molecule has 0 N–H and O–H groups in total. The van der Waals surface area contributed by atoms with Crippen LogP contribution in [0.2, 0.25) is 0 Å². The van der Waals surface area contributed by atoms with Crippen molar-refractivity contribution in [3.05, 3.63) is 0 Å². The van der Waals surface area contributed by atoms with Crippen molar-refractivity contribution in [2.45, 2.75) is 20.0 Å². The average Bonchev–Trinajstić information content (AvgIpc) is 1.95. The molecular formula is C10H20NO4+. The van der Waals surface area contributed by atoms with Crippen LogP contribution >= 0.6 is 0 Å². The summed E-state index contributed by atoms with van der Waals surface area (Å²) in [6.45, 7) is 3.39. The Hall–Kier alpha value is -1.10. The molecule has 88 valence electrons. The molecule has 0 radical (unpaired) electrons. The molecule has 0 aromatic carbocycles. The summed E-state index contributed by atoms with van der Waals surface area (Å²) < 4.78 is 10.5. The molecule has 0 amide bonds. The van der Waals surface area contributed by atoms with Crippen molar-refractivity contribution in [1.29, 1.82) is 0 Å². The standard InChI is InChI=1S/C10H20NO4/c1-8(12)14-7-10(15-9(2)13)6-11(3,4)5/h10H,6-7H2,1-5H3/q+1/t10-/m1/s1. The van der Waals surface area contributed by atoms with Crippen molar-refractivity contribution in [3.63, 3.8) is 0 Å². The summed E-state index contributed by atoms with van der Waals surface area (Å²) in [7, 11) is 5.93. The van der Waals surface area contributed by atoms with Gasteiger partial charge in [0.05, 0.1) is 21.1 Å². The van der Waals surface area contributed by atoms with Gasteiger partial charge >= 0.3 is 11.9 Å². The van der Waals surface area contributed by atoms with Gasteiger partial charge in [0.25, 0.3) is 0 Å². The lowest BCUT2D eigenvalue weighted by molar-refractivity contribution is -0.873. The van der Waals surface area contributed by atoms with Crippen LogP contribution in [-0.2, 0) is 19.1 Å². The first-order chi connectivity index (χ1) is 6.70. The Morgan fingerprint density at radius 3 is 2.00 bits per heavy atom. The highest BCUT2D eigenvalue weighted by atomic mass is 16.6. The van der Waals surface area contributed by atoms with Crippen molar-refractivity contribution >= 4 is 11.9 Å². The van der Waals surface area contributed by atoms with Crippen LogP contribution in [0.25, 0.3) is 0 Å². The molecule has 0 fully saturated rings. The maximum Gasteiger partial charge on any atom is 0.303 e. The number of carbonyl (C=O) groups is 2. The number of rotatable bonds is 5. The Labute approximate surface area is 90.5 Å². The summed E-state index contributed by atoms with van der Waals surface area (Å²) >= 11 is 0. The van der Waals surface area contributed by atoms with Crippen molar-refractivity contribution in [2.75, 3.05) is 34.3 Å². The summed E-state index contributed by atoms with van der Waals surface area (Å²) in [5.41, 5.74) is 0. The highest BCUT2D eigenvalue weighted by Crippen LogP contribution is 2.01. The molecule has 0 rings (SSSR count). The molecule has 0 bridgehead atoms. The first-order valence-electron chi connectivity index (χ1n) is 4.82. The molecule has 15 heavy (non-hydrogen) atoms. The quantitative estimate of drug-likeness (QED) is 0.488. The van der Waals surface area contributed by atoms with Crippen molar-refractivity contribution < 1.29 is 23.5 Å². The molecule has 0 unspecified atom stereocenters. The predicted molar refractivity (Wildman–Crippen MR) is 55.1 cm³/mol. The van der Waals surface area contributed by atoms with E-state index in [0.29, 0.717) is 11.0 Å². The molecule has 0 aliphatic heterocycles. The molecular weight excluding hydrogens is 198 g/mol. The van der Waals surface area contributed by atoms with Gasteiger partial charge in [0.15, 0.2) is 6.10 Å². The first kappa shape index (κ1) is 13.9. The van der Waals surface area contributed by atoms with Crippen LogP contribution in [0.15, 0.2) is 0 Å². The van der Waals surface area contributed by atoms with E-state index >= 15 is 0 Å². The second kappa shape index (κ2) is 5.70. The van der Waals surface area contributed by atoms with Crippen LogP contribution in [0.3, 0.4) is 0 Å². The zero-order chi connectivity index (χ0) is 12.1. The van der Waals surface area contributed by atoms with Crippen LogP contribution in [0.1, 0.15) is 13.8 Å². The fourth-order valence-corrected chi connectivity index (χ4v) is 1.18. The smallest absolute Gasteiger partial charge is 0.303 e. The molecule has 0 saturated heterocycles. The number of carbonyl (C=O) groups excluding carboxylic acids is 2. The number of ether oxygens (including phenoxy) is 2. The molecule has 0 aliphatic rings. The van der Waals surface area contributed by atoms with Crippen LogP contribution in [0.4, 0.5) is 0 Å². The lowest BCUT2D eigenvalue weighted by atomic mass is 10.3. The molecule has 0 aliphatic carbocycles. The van der Waals surface area contributed by atoms with Crippen LogP contribution in [0, 0.1) is 0 Å². The Morgan fingerprint density at radius 2 is 1.67 bits per heavy atom. The fourth-order valence-electron chi connectivity index (χ4n) is 1.18. The molecule has 5 heteroatoms. The van der Waals surface area contributed by atoms with Gasteiger partial charge in [0, 0.05) is 13.8 Å². The summed E-state index contributed by atoms with van der Waals surface area (Å²) in [6, 6.07) is 0. The van der Waals surface area contributed by atoms with Gasteiger partial charge in [-0.05, 0) is 0 Å². The molecule has 1 atom stereocenters. The van der Waals surface area contributed by atoms with Gasteiger partial charge in [0.2, 0.25) is 0 Å². The van der Waals surface area contributed by atoms with Crippen LogP contribution < -0.4 is 0 Å². The minimum atomic E-state index is -0.383. The largest absolute Gasteiger partial charge is 0.462 e. The summed E-state index contributed by atoms with van der Waals surface area (Å²) in [5, 5.41) is 0. The number of esters is 2. The Bertz CT molecular complexity index is 232. The fraction of sp³-hybridized carbons (Fsp3) is 0.800. The highest BCUT2D eigenvalue weighted by molar-refractivity contribution is 5.67. The lowest BCUT2D eigenvalue weighted by Gasteiger charge is -2.28. The van der Waals surface area contributed by atoms with E-state index in [1.807, 2.05) is 21.1 Å². The molecule has 5 nitrogen and oxygen atoms in total. The van der Waals surface area contributed by atoms with E-state index in [1.165, 1.54) is 13.8 Å². The monoisotopic (exact) mass is 218 g/mol. The summed E-state index contributed by atoms with van der Waals surface area (Å²) in [5.74, 6) is -0.728. The number of nitrogens with zero attached hydrogens (tertiary/aromatic N) is 1. The van der Waals surface area contributed by atoms with Crippen molar-refractivity contribution in [2.24, 2.45) is 0 Å². The topological polar surface area (TPSA) is 52.6 Å². The molecule has 0 aromatic heterocycles. The maximum absolute atomic E-state index is 10.8. The average molecular weight is 218 g/mol. The molecule has 0 spiro atoms. The minimum absolute atomic E-state index is 0.116. The first-order valence-corrected chi connectivity index (χ1v) is 4.82. The molecule has 0 aromatic rings. The normalized spacial score (nSPS) is 13.1. The van der Waals surface area contributed by atoms with Gasteiger partial charge in [-0.25, -0.2) is 0 Å². The van der Waals surface area contributed by atoms with Gasteiger partial charge in [-0.1, -0.05) is 0 Å². The molecule has 0 heterocycles. The van der Waals surface area contributed by atoms with Crippen LogP contribution in [0.5, 0.6) is 0 Å². The van der Waals surface area contributed by atoms with Gasteiger partial charge in [-0.15, -0.1) is 0 Å². The summed E-state index contributed by atoms with van der Waals surface area (Å²) in [4.78, 5) is 21.4. The third kappa shape index (κ3) is 9.21. The van der Waals surface area contributed by atoms with Crippen LogP contribution in [-0.4, -0.2) is 56.8 Å². The van der Waals surface area contributed by atoms with E-state index in [4.69, 9.17) is 9.47 Å². The molecule has 0 saturated carbocycles. The highest BCUT2D eigenvalue weighted by Gasteiger charge is 2.21. The third-order valence-electron chi connectivity index (χ3n) is 1.56. The van der Waals surface area contributed by atoms with Crippen molar-refractivity contribution in [3.8, 4) is 0 Å². The third-order valence-corrected chi connectivity index (χ3v) is 1.56. The number of hydrogen-bond donors (Lipinski definition) is 0. The van der Waals surface area contributed by atoms with E-state index < -0.39 is 0 Å². The van der Waals surface area contributed by atoms with E-state index in [-0.39, 0.29) is 24.6 Å². The van der Waals surface area contributed by atoms with Gasteiger partial charge < -0.3 is 14.0 Å². The number of likely N-dealkylation sites (N-methyl/N-ethyl adjacent to an activating group) is 1. The predicted octanol–water partition coefficient (Wildman–Crippen LogP) is 0.187. The van der Waals surface area contributed by atoms with E-state index in [0.717, 1.165) is 0 Å². The van der Waals surface area contributed by atoms with E-state index in [9.17, 15) is 9.59 Å². The summed E-state index contributed by atoms with van der Waals surface area (Å²) in [6.07, 6.45) is -0.383. The van der Waals surface area contributed by atoms with Gasteiger partial charge in [0.1, 0.15) is 13.2 Å². The van der Waals surface area contributed by atoms with Crippen molar-refractivity contribution in [1.82, 2.24) is 0 Å². The maximum atomic E-state index is 10.8. The zero-order valence-corrected chi connectivity index (χ0v) is 10.1. The van der Waals surface area contributed by atoms with Gasteiger partial charge in [-0.2, -0.15) is 0 Å². The Morgan fingerprint density at radius 1 is 1.13 bits per heavy atom. The minimum Gasteiger partial charge on any atom is -0.462 e. The van der Waals surface area contributed by atoms with E-state index in [1.54, 1.807) is 0 Å². The van der Waals surface area contributed by atoms with E-state index in [2.05, 4.69) is 0 Å². The Kier molecular flexibility index (Phi) is 5.28. The van der Waals surface area contributed by atoms with Gasteiger partial charge in [-0.3, -0.25) is 9.59 Å². The Balaban J connectivity index is 4.18. The zero-order valence-electron chi connectivity index (χ0n) is 10.1. The SMILES string of the molecule is CC(=O)OC[C@@H](C[N+](C)(C)C)OC(C)=O. The number of hydrogen-bond acceptors (Lipinski definition) is 4. The number of quaternary nitrogens is 1. The second-order valence-corrected chi connectivity index (χ2v) is 4.51.